The Morgan fingerprint density at radius 3 is 2.95 bits per heavy atom. The van der Waals surface area contributed by atoms with Crippen molar-refractivity contribution in [1.29, 1.82) is 0 Å². The first-order chi connectivity index (χ1) is 9.79. The van der Waals surface area contributed by atoms with E-state index in [0.717, 1.165) is 12.1 Å². The maximum atomic E-state index is 12.2. The van der Waals surface area contributed by atoms with Crippen molar-refractivity contribution in [2.75, 3.05) is 5.32 Å². The van der Waals surface area contributed by atoms with Gasteiger partial charge >= 0.3 is 0 Å². The van der Waals surface area contributed by atoms with E-state index >= 15 is 0 Å². The van der Waals surface area contributed by atoms with Crippen LogP contribution in [0.3, 0.4) is 0 Å². The lowest BCUT2D eigenvalue weighted by atomic mass is 9.86. The summed E-state index contributed by atoms with van der Waals surface area (Å²) < 4.78 is 0. The third kappa shape index (κ3) is 2.22. The Morgan fingerprint density at radius 1 is 1.30 bits per heavy atom. The highest BCUT2D eigenvalue weighted by atomic mass is 32.1. The van der Waals surface area contributed by atoms with Gasteiger partial charge in [-0.15, -0.1) is 11.3 Å². The molecule has 2 aromatic rings. The van der Waals surface area contributed by atoms with Gasteiger partial charge in [0.25, 0.3) is 0 Å². The van der Waals surface area contributed by atoms with Crippen LogP contribution in [-0.4, -0.2) is 21.8 Å². The van der Waals surface area contributed by atoms with E-state index in [1.165, 1.54) is 17.7 Å². The standard InChI is InChI=1S/C15H15N3OS/c19-13-7-9(14-2-1-5-20-14)6-12-11(13)8-16-15(18-12)17-10-3-4-10/h1-2,5,8-10H,3-4,6-7H2,(H,16,17,18). The number of ketones is 1. The highest BCUT2D eigenvalue weighted by Gasteiger charge is 2.29. The lowest BCUT2D eigenvalue weighted by molar-refractivity contribution is 0.0963. The molecule has 0 radical (unpaired) electrons. The number of Topliss-reactive ketones (excluding diaryl/α,β-unsaturated/α-hetero) is 1. The summed E-state index contributed by atoms with van der Waals surface area (Å²) >= 11 is 1.72. The molecule has 1 N–H and O–H groups in total. The summed E-state index contributed by atoms with van der Waals surface area (Å²) in [6.07, 6.45) is 5.49. The second-order valence-corrected chi connectivity index (χ2v) is 6.50. The van der Waals surface area contributed by atoms with E-state index in [1.807, 2.05) is 6.07 Å². The smallest absolute Gasteiger partial charge is 0.223 e. The Morgan fingerprint density at radius 2 is 2.20 bits per heavy atom. The first-order valence-electron chi connectivity index (χ1n) is 6.98. The highest BCUT2D eigenvalue weighted by Crippen LogP contribution is 2.34. The number of carbonyl (C=O) groups is 1. The molecule has 0 aliphatic heterocycles. The monoisotopic (exact) mass is 285 g/mol. The molecule has 1 atom stereocenters. The van der Waals surface area contributed by atoms with Crippen molar-refractivity contribution in [3.05, 3.63) is 39.8 Å². The molecule has 4 rings (SSSR count). The Bertz CT molecular complexity index is 649. The molecular formula is C15H15N3OS. The lowest BCUT2D eigenvalue weighted by Gasteiger charge is -2.22. The molecule has 102 valence electrons. The summed E-state index contributed by atoms with van der Waals surface area (Å²) in [5.74, 6) is 1.12. The molecule has 2 heterocycles. The molecule has 0 amide bonds. The van der Waals surface area contributed by atoms with E-state index in [4.69, 9.17) is 0 Å². The SMILES string of the molecule is O=C1CC(c2cccs2)Cc2nc(NC3CC3)ncc21. The average Bonchev–Trinajstić information content (AvgIpc) is 3.08. The molecule has 1 unspecified atom stereocenters. The zero-order chi connectivity index (χ0) is 13.5. The summed E-state index contributed by atoms with van der Waals surface area (Å²) in [4.78, 5) is 22.4. The number of hydrogen-bond acceptors (Lipinski definition) is 5. The van der Waals surface area contributed by atoms with Gasteiger partial charge in [0.2, 0.25) is 5.95 Å². The Labute approximate surface area is 121 Å². The predicted molar refractivity (Wildman–Crippen MR) is 78.4 cm³/mol. The summed E-state index contributed by atoms with van der Waals surface area (Å²) in [7, 11) is 0. The zero-order valence-electron chi connectivity index (χ0n) is 11.0. The molecule has 0 spiro atoms. The number of nitrogens with one attached hydrogen (secondary N) is 1. The fraction of sp³-hybridized carbons (Fsp3) is 0.400. The highest BCUT2D eigenvalue weighted by molar-refractivity contribution is 7.10. The van der Waals surface area contributed by atoms with Gasteiger partial charge in [0.05, 0.1) is 11.3 Å². The quantitative estimate of drug-likeness (QED) is 0.941. The van der Waals surface area contributed by atoms with Crippen LogP contribution in [0.25, 0.3) is 0 Å². The Hall–Kier alpha value is -1.75. The summed E-state index contributed by atoms with van der Waals surface area (Å²) in [5, 5.41) is 5.36. The van der Waals surface area contributed by atoms with Crippen LogP contribution < -0.4 is 5.32 Å². The van der Waals surface area contributed by atoms with E-state index in [0.29, 0.717) is 24.0 Å². The van der Waals surface area contributed by atoms with Crippen LogP contribution in [0.2, 0.25) is 0 Å². The maximum absolute atomic E-state index is 12.2. The van der Waals surface area contributed by atoms with Crippen molar-refractivity contribution in [2.45, 2.75) is 37.6 Å². The van der Waals surface area contributed by atoms with Crippen molar-refractivity contribution in [3.63, 3.8) is 0 Å². The van der Waals surface area contributed by atoms with Gasteiger partial charge in [-0.05, 0) is 30.7 Å². The van der Waals surface area contributed by atoms with Crippen LogP contribution in [0.1, 0.15) is 46.1 Å². The topological polar surface area (TPSA) is 54.9 Å². The lowest BCUT2D eigenvalue weighted by Crippen LogP contribution is -2.21. The minimum Gasteiger partial charge on any atom is -0.351 e. The molecular weight excluding hydrogens is 270 g/mol. The number of thiophene rings is 1. The molecule has 1 saturated carbocycles. The minimum atomic E-state index is 0.169. The van der Waals surface area contributed by atoms with Crippen molar-refractivity contribution < 1.29 is 4.79 Å². The van der Waals surface area contributed by atoms with Crippen LogP contribution in [0.5, 0.6) is 0 Å². The third-order valence-corrected chi connectivity index (χ3v) is 4.93. The number of rotatable bonds is 3. The van der Waals surface area contributed by atoms with Gasteiger partial charge in [-0.1, -0.05) is 6.07 Å². The number of carbonyl (C=O) groups excluding carboxylic acids is 1. The molecule has 0 aromatic carbocycles. The van der Waals surface area contributed by atoms with Crippen molar-refractivity contribution in [3.8, 4) is 0 Å². The molecule has 4 nitrogen and oxygen atoms in total. The van der Waals surface area contributed by atoms with E-state index in [-0.39, 0.29) is 11.7 Å². The predicted octanol–water partition coefficient (Wildman–Crippen LogP) is 3.03. The molecule has 1 fully saturated rings. The zero-order valence-corrected chi connectivity index (χ0v) is 11.8. The van der Waals surface area contributed by atoms with Crippen LogP contribution in [0, 0.1) is 0 Å². The largest absolute Gasteiger partial charge is 0.351 e. The van der Waals surface area contributed by atoms with Gasteiger partial charge in [0.1, 0.15) is 0 Å². The van der Waals surface area contributed by atoms with Crippen LogP contribution in [0.4, 0.5) is 5.95 Å². The second kappa shape index (κ2) is 4.66. The van der Waals surface area contributed by atoms with Crippen LogP contribution >= 0.6 is 11.3 Å². The normalized spacial score (nSPS) is 21.6. The molecule has 5 heteroatoms. The third-order valence-electron chi connectivity index (χ3n) is 3.90. The van der Waals surface area contributed by atoms with E-state index in [9.17, 15) is 4.79 Å². The van der Waals surface area contributed by atoms with E-state index in [2.05, 4.69) is 26.7 Å². The van der Waals surface area contributed by atoms with E-state index < -0.39 is 0 Å². The number of anilines is 1. The van der Waals surface area contributed by atoms with Crippen molar-refractivity contribution in [1.82, 2.24) is 9.97 Å². The Kier molecular flexibility index (Phi) is 2.80. The molecule has 2 aromatic heterocycles. The number of aromatic nitrogens is 2. The minimum absolute atomic E-state index is 0.169. The van der Waals surface area contributed by atoms with Gasteiger partial charge in [0.15, 0.2) is 5.78 Å². The summed E-state index contributed by atoms with van der Waals surface area (Å²) in [6.45, 7) is 0. The summed E-state index contributed by atoms with van der Waals surface area (Å²) in [6, 6.07) is 4.68. The van der Waals surface area contributed by atoms with Crippen molar-refractivity contribution in [2.24, 2.45) is 0 Å². The maximum Gasteiger partial charge on any atom is 0.223 e. The summed E-state index contributed by atoms with van der Waals surface area (Å²) in [5.41, 5.74) is 1.61. The fourth-order valence-electron chi connectivity index (χ4n) is 2.65. The second-order valence-electron chi connectivity index (χ2n) is 5.52. The average molecular weight is 285 g/mol. The van der Waals surface area contributed by atoms with Crippen molar-refractivity contribution >= 4 is 23.1 Å². The van der Waals surface area contributed by atoms with Crippen LogP contribution in [-0.2, 0) is 6.42 Å². The Balaban J connectivity index is 1.64. The molecule has 0 bridgehead atoms. The fourth-order valence-corrected chi connectivity index (χ4v) is 3.48. The van der Waals surface area contributed by atoms with Gasteiger partial charge in [-0.3, -0.25) is 4.79 Å². The molecule has 0 saturated heterocycles. The van der Waals surface area contributed by atoms with Gasteiger partial charge < -0.3 is 5.32 Å². The van der Waals surface area contributed by atoms with Gasteiger partial charge in [-0.2, -0.15) is 0 Å². The number of hydrogen-bond donors (Lipinski definition) is 1. The van der Waals surface area contributed by atoms with E-state index in [1.54, 1.807) is 17.5 Å². The first-order valence-corrected chi connectivity index (χ1v) is 7.86. The molecule has 2 aliphatic carbocycles. The van der Waals surface area contributed by atoms with Gasteiger partial charge in [0, 0.05) is 29.5 Å². The van der Waals surface area contributed by atoms with Crippen LogP contribution in [0.15, 0.2) is 23.7 Å². The number of fused-ring (bicyclic) bond motifs is 1. The molecule has 20 heavy (non-hydrogen) atoms. The van der Waals surface area contributed by atoms with Gasteiger partial charge in [-0.25, -0.2) is 9.97 Å². The first kappa shape index (κ1) is 12.0. The number of nitrogens with zero attached hydrogens (tertiary/aromatic N) is 2. The molecule has 2 aliphatic rings.